The topological polar surface area (TPSA) is 9.72 Å². The molecule has 0 N–H and O–H groups in total. The van der Waals surface area contributed by atoms with Crippen molar-refractivity contribution in [3.63, 3.8) is 0 Å². The molecule has 0 bridgehead atoms. The molecule has 0 atom stereocenters. The molecular weight excluding hydrogens is 390 g/mol. The summed E-state index contributed by atoms with van der Waals surface area (Å²) in [6, 6.07) is 31.3. The van der Waals surface area contributed by atoms with Crippen molar-refractivity contribution in [1.29, 1.82) is 0 Å². The Balaban J connectivity index is 1.93. The number of hydrogen-bond acceptors (Lipinski definition) is 3. The average Bonchev–Trinajstić information content (AvgIpc) is 2.80. The highest BCUT2D eigenvalue weighted by molar-refractivity contribution is 5.97. The number of hydrogen-bond donors (Lipinski definition) is 0. The predicted molar refractivity (Wildman–Crippen MR) is 141 cm³/mol. The largest absolute Gasteiger partial charge is 0.378 e. The SMILES string of the molecule is CN(C)c1ccc(C(c2ccc(N(C)C)cc2)c2ccc(N(C)C)c3ccccc23)cc1. The van der Waals surface area contributed by atoms with Crippen LogP contribution in [0.5, 0.6) is 0 Å². The summed E-state index contributed by atoms with van der Waals surface area (Å²) < 4.78 is 0. The summed E-state index contributed by atoms with van der Waals surface area (Å²) in [7, 11) is 12.6. The smallest absolute Gasteiger partial charge is 0.0440 e. The normalized spacial score (nSPS) is 11.1. The first-order chi connectivity index (χ1) is 15.4. The Hall–Kier alpha value is -3.46. The maximum Gasteiger partial charge on any atom is 0.0440 e. The molecule has 4 aromatic carbocycles. The quantitative estimate of drug-likeness (QED) is 0.341. The monoisotopic (exact) mass is 423 g/mol. The van der Waals surface area contributed by atoms with E-state index in [1.165, 1.54) is 44.5 Å². The van der Waals surface area contributed by atoms with Gasteiger partial charge in [0, 0.05) is 70.7 Å². The summed E-state index contributed by atoms with van der Waals surface area (Å²) in [5.74, 6) is 0.156. The van der Waals surface area contributed by atoms with Gasteiger partial charge in [-0.15, -0.1) is 0 Å². The molecule has 32 heavy (non-hydrogen) atoms. The summed E-state index contributed by atoms with van der Waals surface area (Å²) in [6.45, 7) is 0. The molecule has 0 amide bonds. The van der Waals surface area contributed by atoms with Crippen molar-refractivity contribution in [2.24, 2.45) is 0 Å². The highest BCUT2D eigenvalue weighted by atomic mass is 15.1. The molecule has 0 radical (unpaired) electrons. The average molecular weight is 424 g/mol. The molecule has 3 heteroatoms. The molecule has 0 aliphatic carbocycles. The fraction of sp³-hybridized carbons (Fsp3) is 0.241. The lowest BCUT2D eigenvalue weighted by atomic mass is 9.82. The standard InChI is InChI=1S/C29H33N3/c1-30(2)23-15-11-21(12-16-23)29(22-13-17-24(18-14-22)31(3)4)27-19-20-28(32(5)6)26-10-8-7-9-25(26)27/h7-20,29H,1-6H3. The maximum atomic E-state index is 2.31. The van der Waals surface area contributed by atoms with Crippen LogP contribution >= 0.6 is 0 Å². The molecule has 0 aliphatic rings. The van der Waals surface area contributed by atoms with Crippen molar-refractivity contribution in [3.8, 4) is 0 Å². The lowest BCUT2D eigenvalue weighted by molar-refractivity contribution is 0.983. The molecule has 4 rings (SSSR count). The molecule has 164 valence electrons. The second-order valence-electron chi connectivity index (χ2n) is 9.02. The van der Waals surface area contributed by atoms with Crippen LogP contribution in [0.2, 0.25) is 0 Å². The van der Waals surface area contributed by atoms with Crippen molar-refractivity contribution in [1.82, 2.24) is 0 Å². The summed E-state index contributed by atoms with van der Waals surface area (Å²) >= 11 is 0. The molecular formula is C29H33N3. The zero-order chi connectivity index (χ0) is 22.8. The van der Waals surface area contributed by atoms with E-state index in [4.69, 9.17) is 0 Å². The van der Waals surface area contributed by atoms with E-state index in [9.17, 15) is 0 Å². The van der Waals surface area contributed by atoms with Gasteiger partial charge in [0.25, 0.3) is 0 Å². The summed E-state index contributed by atoms with van der Waals surface area (Å²) in [6.07, 6.45) is 0. The molecule has 0 aliphatic heterocycles. The Morgan fingerprint density at radius 3 is 1.38 bits per heavy atom. The van der Waals surface area contributed by atoms with Crippen LogP contribution in [0.25, 0.3) is 10.8 Å². The first kappa shape index (κ1) is 21.8. The van der Waals surface area contributed by atoms with Crippen molar-refractivity contribution >= 4 is 27.8 Å². The van der Waals surface area contributed by atoms with E-state index in [0.29, 0.717) is 0 Å². The minimum atomic E-state index is 0.156. The minimum Gasteiger partial charge on any atom is -0.378 e. The predicted octanol–water partition coefficient (Wildman–Crippen LogP) is 6.22. The van der Waals surface area contributed by atoms with Gasteiger partial charge in [-0.05, 0) is 52.4 Å². The van der Waals surface area contributed by atoms with E-state index in [0.717, 1.165) is 0 Å². The fourth-order valence-corrected chi connectivity index (χ4v) is 4.43. The van der Waals surface area contributed by atoms with Gasteiger partial charge in [-0.1, -0.05) is 54.6 Å². The van der Waals surface area contributed by atoms with Crippen LogP contribution in [-0.2, 0) is 0 Å². The number of anilines is 3. The van der Waals surface area contributed by atoms with Crippen molar-refractivity contribution in [2.45, 2.75) is 5.92 Å². The Morgan fingerprint density at radius 1 is 0.469 bits per heavy atom. The van der Waals surface area contributed by atoms with E-state index in [1.54, 1.807) is 0 Å². The van der Waals surface area contributed by atoms with Gasteiger partial charge in [-0.3, -0.25) is 0 Å². The molecule has 0 heterocycles. The number of rotatable bonds is 6. The van der Waals surface area contributed by atoms with Gasteiger partial charge in [0.1, 0.15) is 0 Å². The minimum absolute atomic E-state index is 0.156. The highest BCUT2D eigenvalue weighted by Gasteiger charge is 2.21. The van der Waals surface area contributed by atoms with Crippen LogP contribution in [-0.4, -0.2) is 42.3 Å². The third kappa shape index (κ3) is 4.16. The summed E-state index contributed by atoms with van der Waals surface area (Å²) in [5, 5.41) is 2.59. The second kappa shape index (κ2) is 8.96. The molecule has 0 saturated carbocycles. The van der Waals surface area contributed by atoms with Crippen molar-refractivity contribution in [2.75, 3.05) is 57.0 Å². The Bertz CT molecular complexity index is 1140. The zero-order valence-electron chi connectivity index (χ0n) is 20.0. The van der Waals surface area contributed by atoms with E-state index < -0.39 is 0 Å². The molecule has 0 unspecified atom stereocenters. The van der Waals surface area contributed by atoms with Crippen LogP contribution in [0.15, 0.2) is 84.9 Å². The Morgan fingerprint density at radius 2 is 0.938 bits per heavy atom. The molecule has 0 fully saturated rings. The van der Waals surface area contributed by atoms with Crippen molar-refractivity contribution in [3.05, 3.63) is 102 Å². The summed E-state index contributed by atoms with van der Waals surface area (Å²) in [4.78, 5) is 6.48. The van der Waals surface area contributed by atoms with Gasteiger partial charge < -0.3 is 14.7 Å². The van der Waals surface area contributed by atoms with E-state index in [-0.39, 0.29) is 5.92 Å². The Kier molecular flexibility index (Phi) is 6.09. The molecule has 3 nitrogen and oxygen atoms in total. The molecule has 4 aromatic rings. The Labute approximate surface area is 192 Å². The van der Waals surface area contributed by atoms with Gasteiger partial charge in [0.15, 0.2) is 0 Å². The molecule has 0 saturated heterocycles. The third-order valence-electron chi connectivity index (χ3n) is 6.21. The van der Waals surface area contributed by atoms with Gasteiger partial charge in [-0.25, -0.2) is 0 Å². The van der Waals surface area contributed by atoms with Gasteiger partial charge in [-0.2, -0.15) is 0 Å². The third-order valence-corrected chi connectivity index (χ3v) is 6.21. The maximum absolute atomic E-state index is 2.31. The van der Waals surface area contributed by atoms with E-state index in [2.05, 4.69) is 142 Å². The number of nitrogens with zero attached hydrogens (tertiary/aromatic N) is 3. The number of fused-ring (bicyclic) bond motifs is 1. The van der Waals surface area contributed by atoms with Crippen molar-refractivity contribution < 1.29 is 0 Å². The highest BCUT2D eigenvalue weighted by Crippen LogP contribution is 2.39. The van der Waals surface area contributed by atoms with Crippen LogP contribution in [0, 0.1) is 0 Å². The van der Waals surface area contributed by atoms with Crippen LogP contribution in [0.3, 0.4) is 0 Å². The second-order valence-corrected chi connectivity index (χ2v) is 9.02. The zero-order valence-corrected chi connectivity index (χ0v) is 20.0. The van der Waals surface area contributed by atoms with Crippen LogP contribution in [0.4, 0.5) is 17.1 Å². The van der Waals surface area contributed by atoms with Gasteiger partial charge in [0.2, 0.25) is 0 Å². The van der Waals surface area contributed by atoms with Gasteiger partial charge in [0.05, 0.1) is 0 Å². The fourth-order valence-electron chi connectivity index (χ4n) is 4.43. The first-order valence-corrected chi connectivity index (χ1v) is 11.1. The van der Waals surface area contributed by atoms with Crippen LogP contribution < -0.4 is 14.7 Å². The van der Waals surface area contributed by atoms with E-state index in [1.807, 2.05) is 0 Å². The van der Waals surface area contributed by atoms with E-state index >= 15 is 0 Å². The number of benzene rings is 4. The van der Waals surface area contributed by atoms with Gasteiger partial charge >= 0.3 is 0 Å². The molecule has 0 aromatic heterocycles. The molecule has 0 spiro atoms. The first-order valence-electron chi connectivity index (χ1n) is 11.1. The summed E-state index contributed by atoms with van der Waals surface area (Å²) in [5.41, 5.74) is 7.61. The lowest BCUT2D eigenvalue weighted by Gasteiger charge is -2.25. The van der Waals surface area contributed by atoms with Crippen LogP contribution in [0.1, 0.15) is 22.6 Å². The lowest BCUT2D eigenvalue weighted by Crippen LogP contribution is -2.12.